The minimum atomic E-state index is 0.0613. The molecule has 0 aromatic heterocycles. The number of rotatable bonds is 4. The number of hydrogen-bond donors (Lipinski definition) is 2. The molecule has 2 saturated heterocycles. The average Bonchev–Trinajstić information content (AvgIpc) is 3.32. The van der Waals surface area contributed by atoms with E-state index >= 15 is 0 Å². The number of fused-ring (bicyclic) bond motifs is 1. The third-order valence-corrected chi connectivity index (χ3v) is 10.8. The molecule has 6 unspecified atom stereocenters. The SMILES string of the molecule is CC(CN)CN1CCC23c4cc(O)ccc4CC1C21CCC2C3[C@@H](CN2C(=O)c2ccccc2)C1. The zero-order valence-corrected chi connectivity index (χ0v) is 20.7. The second-order valence-corrected chi connectivity index (χ2v) is 12.2. The van der Waals surface area contributed by atoms with Gasteiger partial charge in [-0.3, -0.25) is 9.69 Å². The number of likely N-dealkylation sites (tertiary alicyclic amines) is 2. The lowest BCUT2D eigenvalue weighted by molar-refractivity contribution is -0.104. The third kappa shape index (κ3) is 2.74. The summed E-state index contributed by atoms with van der Waals surface area (Å²) in [7, 11) is 0. The van der Waals surface area contributed by atoms with Gasteiger partial charge < -0.3 is 15.7 Å². The molecule has 5 nitrogen and oxygen atoms in total. The monoisotopic (exact) mass is 471 g/mol. The van der Waals surface area contributed by atoms with Crippen LogP contribution in [0.5, 0.6) is 5.75 Å². The lowest BCUT2D eigenvalue weighted by Gasteiger charge is -2.66. The number of phenols is 1. The lowest BCUT2D eigenvalue weighted by atomic mass is 9.43. The number of amides is 1. The number of aromatic hydroxyl groups is 1. The Balaban J connectivity index is 1.34. The molecule has 3 aliphatic carbocycles. The van der Waals surface area contributed by atoms with E-state index in [-0.39, 0.29) is 16.7 Å². The van der Waals surface area contributed by atoms with E-state index in [4.69, 9.17) is 5.73 Å². The van der Waals surface area contributed by atoms with Crippen LogP contribution in [-0.2, 0) is 11.8 Å². The van der Waals surface area contributed by atoms with Crippen LogP contribution < -0.4 is 5.73 Å². The molecule has 7 atom stereocenters. The largest absolute Gasteiger partial charge is 0.508 e. The fourth-order valence-electron chi connectivity index (χ4n) is 9.77. The predicted molar refractivity (Wildman–Crippen MR) is 136 cm³/mol. The molecule has 2 heterocycles. The summed E-state index contributed by atoms with van der Waals surface area (Å²) in [6.45, 7) is 6.06. The van der Waals surface area contributed by atoms with Gasteiger partial charge in [-0.2, -0.15) is 0 Å². The van der Waals surface area contributed by atoms with Crippen molar-refractivity contribution in [3.05, 3.63) is 65.2 Å². The van der Waals surface area contributed by atoms with Gasteiger partial charge in [0.05, 0.1) is 0 Å². The van der Waals surface area contributed by atoms with E-state index in [1.165, 1.54) is 24.0 Å². The maximum Gasteiger partial charge on any atom is 0.254 e. The molecule has 2 saturated carbocycles. The summed E-state index contributed by atoms with van der Waals surface area (Å²) in [4.78, 5) is 18.7. The highest BCUT2D eigenvalue weighted by Gasteiger charge is 2.76. The van der Waals surface area contributed by atoms with Crippen molar-refractivity contribution < 1.29 is 9.90 Å². The van der Waals surface area contributed by atoms with Crippen molar-refractivity contribution >= 4 is 5.91 Å². The fourth-order valence-corrected chi connectivity index (χ4v) is 9.77. The first-order valence-corrected chi connectivity index (χ1v) is 13.6. The third-order valence-electron chi connectivity index (χ3n) is 10.8. The Labute approximate surface area is 208 Å². The van der Waals surface area contributed by atoms with Crippen molar-refractivity contribution in [1.29, 1.82) is 0 Å². The highest BCUT2D eigenvalue weighted by atomic mass is 16.3. The smallest absolute Gasteiger partial charge is 0.254 e. The fraction of sp³-hybridized carbons (Fsp3) is 0.567. The van der Waals surface area contributed by atoms with E-state index in [1.54, 1.807) is 0 Å². The van der Waals surface area contributed by atoms with E-state index < -0.39 is 0 Å². The van der Waals surface area contributed by atoms with Gasteiger partial charge in [0.2, 0.25) is 0 Å². The van der Waals surface area contributed by atoms with E-state index in [9.17, 15) is 9.90 Å². The molecule has 7 rings (SSSR count). The van der Waals surface area contributed by atoms with Crippen LogP contribution in [0.1, 0.15) is 54.1 Å². The topological polar surface area (TPSA) is 69.8 Å². The summed E-state index contributed by atoms with van der Waals surface area (Å²) in [6.07, 6.45) is 5.69. The van der Waals surface area contributed by atoms with E-state index in [0.29, 0.717) is 35.6 Å². The first-order chi connectivity index (χ1) is 17.0. The maximum absolute atomic E-state index is 13.7. The number of nitrogens with zero attached hydrogens (tertiary/aromatic N) is 2. The van der Waals surface area contributed by atoms with E-state index in [0.717, 1.165) is 51.0 Å². The van der Waals surface area contributed by atoms with Crippen LogP contribution >= 0.6 is 0 Å². The van der Waals surface area contributed by atoms with Gasteiger partial charge in [-0.1, -0.05) is 31.2 Å². The first kappa shape index (κ1) is 21.9. The summed E-state index contributed by atoms with van der Waals surface area (Å²) in [5.74, 6) is 2.11. The second-order valence-electron chi connectivity index (χ2n) is 12.2. The van der Waals surface area contributed by atoms with Gasteiger partial charge in [0, 0.05) is 36.2 Å². The highest BCUT2D eigenvalue weighted by molar-refractivity contribution is 5.94. The molecular weight excluding hydrogens is 434 g/mol. The zero-order valence-electron chi connectivity index (χ0n) is 20.7. The molecule has 184 valence electrons. The molecule has 35 heavy (non-hydrogen) atoms. The number of benzene rings is 2. The molecule has 5 heteroatoms. The van der Waals surface area contributed by atoms with Crippen LogP contribution in [0.25, 0.3) is 0 Å². The molecule has 2 aromatic carbocycles. The van der Waals surface area contributed by atoms with Gasteiger partial charge >= 0.3 is 0 Å². The van der Waals surface area contributed by atoms with Crippen molar-refractivity contribution in [2.24, 2.45) is 28.9 Å². The van der Waals surface area contributed by atoms with Crippen molar-refractivity contribution in [2.75, 3.05) is 26.2 Å². The molecule has 2 aromatic rings. The van der Waals surface area contributed by atoms with Gasteiger partial charge in [0.25, 0.3) is 5.91 Å². The van der Waals surface area contributed by atoms with Gasteiger partial charge in [0.15, 0.2) is 0 Å². The molecule has 1 amide bonds. The van der Waals surface area contributed by atoms with E-state index in [2.05, 4.69) is 28.9 Å². The lowest BCUT2D eigenvalue weighted by Crippen LogP contribution is -2.70. The van der Waals surface area contributed by atoms with Crippen molar-refractivity contribution in [1.82, 2.24) is 9.80 Å². The normalized spacial score (nSPS) is 37.6. The van der Waals surface area contributed by atoms with Crippen LogP contribution in [0.3, 0.4) is 0 Å². The Hall–Kier alpha value is -2.37. The molecular formula is C30H37N3O2. The first-order valence-electron chi connectivity index (χ1n) is 13.6. The van der Waals surface area contributed by atoms with Gasteiger partial charge in [-0.05, 0) is 104 Å². The number of piperidine rings is 1. The van der Waals surface area contributed by atoms with Crippen molar-refractivity contribution in [2.45, 2.75) is 56.5 Å². The van der Waals surface area contributed by atoms with Gasteiger partial charge in [0.1, 0.15) is 5.75 Å². The Morgan fingerprint density at radius 2 is 2.03 bits per heavy atom. The minimum Gasteiger partial charge on any atom is -0.508 e. The second kappa shape index (κ2) is 7.57. The molecule has 2 aliphatic heterocycles. The summed E-state index contributed by atoms with van der Waals surface area (Å²) in [5, 5.41) is 10.6. The number of hydrogen-bond acceptors (Lipinski definition) is 4. The number of carbonyl (C=O) groups excluding carboxylic acids is 1. The summed E-state index contributed by atoms with van der Waals surface area (Å²) < 4.78 is 0. The van der Waals surface area contributed by atoms with Crippen molar-refractivity contribution in [3.8, 4) is 5.75 Å². The number of carbonyl (C=O) groups is 1. The van der Waals surface area contributed by atoms with Crippen molar-refractivity contribution in [3.63, 3.8) is 0 Å². The molecule has 4 bridgehead atoms. The Morgan fingerprint density at radius 1 is 1.20 bits per heavy atom. The Bertz CT molecular complexity index is 1170. The Morgan fingerprint density at radius 3 is 2.83 bits per heavy atom. The van der Waals surface area contributed by atoms with Gasteiger partial charge in [-0.15, -0.1) is 0 Å². The van der Waals surface area contributed by atoms with E-state index in [1.807, 2.05) is 36.4 Å². The summed E-state index contributed by atoms with van der Waals surface area (Å²) in [6, 6.07) is 16.8. The number of nitrogens with two attached hydrogens (primary N) is 1. The van der Waals surface area contributed by atoms with Crippen LogP contribution in [0.2, 0.25) is 0 Å². The maximum atomic E-state index is 13.7. The zero-order chi connectivity index (χ0) is 23.9. The summed E-state index contributed by atoms with van der Waals surface area (Å²) in [5.41, 5.74) is 10.0. The highest BCUT2D eigenvalue weighted by Crippen LogP contribution is 2.75. The standard InChI is InChI=1S/C30H37N3O2/c1-19(16-31)17-32-12-11-30-24-14-23(34)8-7-21(24)13-26(32)29(30)10-9-25-27(30)22(15-29)18-33(25)28(35)20-5-3-2-4-6-20/h2-8,14,19,22,25-27,34H,9-13,15-18,31H2,1H3/t19?,22-,25?,26?,27?,29?,30?/m1/s1. The molecule has 4 fully saturated rings. The Kier molecular flexibility index (Phi) is 4.73. The van der Waals surface area contributed by atoms with Crippen LogP contribution in [-0.4, -0.2) is 59.1 Å². The minimum absolute atomic E-state index is 0.0613. The molecule has 5 aliphatic rings. The number of phenolic OH excluding ortho intramolecular Hbond substituents is 1. The molecule has 0 spiro atoms. The van der Waals surface area contributed by atoms with Crippen LogP contribution in [0, 0.1) is 23.2 Å². The average molecular weight is 472 g/mol. The molecule has 0 radical (unpaired) electrons. The van der Waals surface area contributed by atoms with Gasteiger partial charge in [-0.25, -0.2) is 0 Å². The predicted octanol–water partition coefficient (Wildman–Crippen LogP) is 3.80. The molecule has 3 N–H and O–H groups in total. The quantitative estimate of drug-likeness (QED) is 0.712. The van der Waals surface area contributed by atoms with Crippen LogP contribution in [0.4, 0.5) is 0 Å². The van der Waals surface area contributed by atoms with Crippen LogP contribution in [0.15, 0.2) is 48.5 Å². The summed E-state index contributed by atoms with van der Waals surface area (Å²) >= 11 is 0.